The highest BCUT2D eigenvalue weighted by atomic mass is 35.5. The van der Waals surface area contributed by atoms with Crippen molar-refractivity contribution >= 4 is 30.2 Å². The van der Waals surface area contributed by atoms with E-state index in [9.17, 15) is 9.36 Å². The lowest BCUT2D eigenvalue weighted by atomic mass is 10.2. The Balaban J connectivity index is 3.08. The largest absolute Gasteiger partial charge is 0.458 e. The zero-order valence-corrected chi connectivity index (χ0v) is 14.5. The molecule has 1 aromatic carbocycles. The van der Waals surface area contributed by atoms with Crippen molar-refractivity contribution < 1.29 is 18.6 Å². The van der Waals surface area contributed by atoms with E-state index in [1.165, 1.54) is 0 Å². The summed E-state index contributed by atoms with van der Waals surface area (Å²) in [5.41, 5.74) is -0.698. The number of benzene rings is 1. The Bertz CT molecular complexity index is 510. The zero-order chi connectivity index (χ0) is 16.1. The van der Waals surface area contributed by atoms with Crippen molar-refractivity contribution in [3.05, 3.63) is 30.3 Å². The van der Waals surface area contributed by atoms with Gasteiger partial charge in [-0.25, -0.2) is 4.79 Å². The lowest BCUT2D eigenvalue weighted by Crippen LogP contribution is -2.31. The Morgan fingerprint density at radius 1 is 1.29 bits per heavy atom. The van der Waals surface area contributed by atoms with Crippen molar-refractivity contribution in [2.75, 3.05) is 6.61 Å². The first-order chi connectivity index (χ1) is 9.70. The first-order valence-electron chi connectivity index (χ1n) is 6.87. The molecule has 0 spiro atoms. The maximum Gasteiger partial charge on any atom is 0.334 e. The van der Waals surface area contributed by atoms with Crippen LogP contribution in [0.4, 0.5) is 0 Å². The molecule has 4 nitrogen and oxygen atoms in total. The van der Waals surface area contributed by atoms with Crippen LogP contribution in [0.25, 0.3) is 0 Å². The van der Waals surface area contributed by atoms with E-state index in [0.29, 0.717) is 11.7 Å². The predicted molar refractivity (Wildman–Crippen MR) is 85.4 cm³/mol. The Kier molecular flexibility index (Phi) is 6.45. The standard InChI is InChI=1S/C15H22ClO4P/c1-5-11-19-21(18,12-9-7-6-8-10-12)13(16)14(17)20-15(2,3)4/h6-10,13H,5,11H2,1-4H3. The van der Waals surface area contributed by atoms with Crippen molar-refractivity contribution in [2.24, 2.45) is 0 Å². The van der Waals surface area contributed by atoms with E-state index in [1.807, 2.05) is 6.92 Å². The Morgan fingerprint density at radius 2 is 1.86 bits per heavy atom. The highest BCUT2D eigenvalue weighted by molar-refractivity contribution is 7.70. The molecule has 118 valence electrons. The first kappa shape index (κ1) is 18.2. The number of halogens is 1. The van der Waals surface area contributed by atoms with Crippen LogP contribution in [0.5, 0.6) is 0 Å². The summed E-state index contributed by atoms with van der Waals surface area (Å²) in [6, 6.07) is 8.56. The van der Waals surface area contributed by atoms with Crippen LogP contribution in [0, 0.1) is 0 Å². The molecule has 0 N–H and O–H groups in total. The van der Waals surface area contributed by atoms with Gasteiger partial charge >= 0.3 is 5.97 Å². The third-order valence-electron chi connectivity index (χ3n) is 2.50. The average molecular weight is 333 g/mol. The van der Waals surface area contributed by atoms with Gasteiger partial charge in [-0.05, 0) is 39.3 Å². The van der Waals surface area contributed by atoms with E-state index in [4.69, 9.17) is 20.9 Å². The number of ether oxygens (including phenoxy) is 1. The van der Waals surface area contributed by atoms with E-state index in [2.05, 4.69) is 0 Å². The topological polar surface area (TPSA) is 52.6 Å². The molecule has 2 atom stereocenters. The molecule has 0 saturated heterocycles. The summed E-state index contributed by atoms with van der Waals surface area (Å²) in [4.78, 5) is 12.1. The number of esters is 1. The van der Waals surface area contributed by atoms with Gasteiger partial charge in [0.05, 0.1) is 6.61 Å². The summed E-state index contributed by atoms with van der Waals surface area (Å²) < 4.78 is 23.9. The zero-order valence-electron chi connectivity index (χ0n) is 12.8. The second kappa shape index (κ2) is 7.44. The third-order valence-corrected chi connectivity index (χ3v) is 5.84. The van der Waals surface area contributed by atoms with Crippen LogP contribution in [0.2, 0.25) is 0 Å². The number of hydrogen-bond acceptors (Lipinski definition) is 4. The predicted octanol–water partition coefficient (Wildman–Crippen LogP) is 3.92. The summed E-state index contributed by atoms with van der Waals surface area (Å²) in [7, 11) is -3.53. The molecule has 1 rings (SSSR count). The van der Waals surface area contributed by atoms with Crippen molar-refractivity contribution in [2.45, 2.75) is 44.8 Å². The molecule has 0 amide bonds. The molecule has 0 heterocycles. The highest BCUT2D eigenvalue weighted by Gasteiger charge is 2.42. The Hall–Kier alpha value is -0.830. The van der Waals surface area contributed by atoms with Gasteiger partial charge in [0.25, 0.3) is 7.37 Å². The van der Waals surface area contributed by atoms with Crippen molar-refractivity contribution in [3.8, 4) is 0 Å². The van der Waals surface area contributed by atoms with Gasteiger partial charge in [0.2, 0.25) is 5.12 Å². The maximum atomic E-state index is 13.1. The van der Waals surface area contributed by atoms with Gasteiger partial charge in [0.15, 0.2) is 0 Å². The molecule has 6 heteroatoms. The van der Waals surface area contributed by atoms with Crippen LogP contribution in [0.3, 0.4) is 0 Å². The van der Waals surface area contributed by atoms with Crippen LogP contribution in [0.1, 0.15) is 34.1 Å². The fourth-order valence-corrected chi connectivity index (χ4v) is 4.09. The van der Waals surface area contributed by atoms with E-state index in [-0.39, 0.29) is 6.61 Å². The van der Waals surface area contributed by atoms with Gasteiger partial charge in [-0.1, -0.05) is 36.7 Å². The summed E-state index contributed by atoms with van der Waals surface area (Å²) >= 11 is 6.15. The molecule has 0 aromatic heterocycles. The number of alkyl halides is 1. The molecule has 1 aromatic rings. The Morgan fingerprint density at radius 3 is 2.33 bits per heavy atom. The van der Waals surface area contributed by atoms with Crippen LogP contribution in [-0.4, -0.2) is 23.3 Å². The van der Waals surface area contributed by atoms with Crippen LogP contribution < -0.4 is 5.30 Å². The highest BCUT2D eigenvalue weighted by Crippen LogP contribution is 2.53. The van der Waals surface area contributed by atoms with Gasteiger partial charge in [-0.3, -0.25) is 4.57 Å². The molecule has 0 fully saturated rings. The molecule has 0 aliphatic carbocycles. The van der Waals surface area contributed by atoms with E-state index in [0.717, 1.165) is 0 Å². The minimum Gasteiger partial charge on any atom is -0.458 e. The molecule has 0 saturated carbocycles. The Labute approximate surface area is 131 Å². The molecule has 2 unspecified atom stereocenters. The van der Waals surface area contributed by atoms with Crippen LogP contribution in [-0.2, 0) is 18.6 Å². The number of carbonyl (C=O) groups is 1. The van der Waals surface area contributed by atoms with Gasteiger partial charge in [-0.2, -0.15) is 0 Å². The quantitative estimate of drug-likeness (QED) is 0.450. The molecule has 0 aliphatic heterocycles. The lowest BCUT2D eigenvalue weighted by Gasteiger charge is -2.26. The molecule has 0 aliphatic rings. The minimum atomic E-state index is -3.53. The fourth-order valence-electron chi connectivity index (χ4n) is 1.62. The molecule has 0 bridgehead atoms. The first-order valence-corrected chi connectivity index (χ1v) is 9.00. The summed E-state index contributed by atoms with van der Waals surface area (Å²) in [6.45, 7) is 7.35. The van der Waals surface area contributed by atoms with Crippen LogP contribution >= 0.6 is 19.0 Å². The normalized spacial score (nSPS) is 16.0. The maximum absolute atomic E-state index is 13.1. The number of hydrogen-bond donors (Lipinski definition) is 0. The summed E-state index contributed by atoms with van der Waals surface area (Å²) in [5.74, 6) is -0.729. The molecule has 21 heavy (non-hydrogen) atoms. The lowest BCUT2D eigenvalue weighted by molar-refractivity contribution is -0.152. The van der Waals surface area contributed by atoms with Crippen molar-refractivity contribution in [1.82, 2.24) is 0 Å². The third kappa shape index (κ3) is 5.14. The SMILES string of the molecule is CCCOP(=O)(c1ccccc1)C(Cl)C(=O)OC(C)(C)C. The molecular formula is C15H22ClO4P. The van der Waals surface area contributed by atoms with Gasteiger partial charge in [0, 0.05) is 5.30 Å². The molecular weight excluding hydrogens is 311 g/mol. The van der Waals surface area contributed by atoms with Gasteiger partial charge in [-0.15, -0.1) is 0 Å². The fraction of sp³-hybridized carbons (Fsp3) is 0.533. The van der Waals surface area contributed by atoms with E-state index >= 15 is 0 Å². The van der Waals surface area contributed by atoms with Crippen molar-refractivity contribution in [1.29, 1.82) is 0 Å². The van der Waals surface area contributed by atoms with Gasteiger partial charge < -0.3 is 9.26 Å². The number of rotatable bonds is 6. The summed E-state index contributed by atoms with van der Waals surface area (Å²) in [6.07, 6.45) is 0.675. The van der Waals surface area contributed by atoms with E-state index < -0.39 is 24.1 Å². The van der Waals surface area contributed by atoms with Crippen LogP contribution in [0.15, 0.2) is 30.3 Å². The monoisotopic (exact) mass is 332 g/mol. The smallest absolute Gasteiger partial charge is 0.334 e. The minimum absolute atomic E-state index is 0.262. The average Bonchev–Trinajstić information content (AvgIpc) is 2.43. The van der Waals surface area contributed by atoms with Gasteiger partial charge in [0.1, 0.15) is 5.60 Å². The van der Waals surface area contributed by atoms with E-state index in [1.54, 1.807) is 51.1 Å². The summed E-state index contributed by atoms with van der Waals surface area (Å²) in [5, 5.41) is -0.935. The second-order valence-electron chi connectivity index (χ2n) is 5.64. The second-order valence-corrected chi connectivity index (χ2v) is 8.86. The van der Waals surface area contributed by atoms with Crippen molar-refractivity contribution in [3.63, 3.8) is 0 Å². The number of carbonyl (C=O) groups excluding carboxylic acids is 1. The molecule has 0 radical (unpaired) electrons.